The van der Waals surface area contributed by atoms with Crippen LogP contribution in [0.1, 0.15) is 50.7 Å². The van der Waals surface area contributed by atoms with Crippen molar-refractivity contribution in [1.82, 2.24) is 14.8 Å². The van der Waals surface area contributed by atoms with E-state index in [-0.39, 0.29) is 6.61 Å². The maximum atomic E-state index is 9.23. The van der Waals surface area contributed by atoms with Crippen molar-refractivity contribution in [1.29, 1.82) is 0 Å². The minimum absolute atomic E-state index is 0.277. The number of fused-ring (bicyclic) bond motifs is 1. The van der Waals surface area contributed by atoms with Crippen LogP contribution >= 0.6 is 0 Å². The summed E-state index contributed by atoms with van der Waals surface area (Å²) in [6.07, 6.45) is 4.32. The van der Waals surface area contributed by atoms with Crippen LogP contribution in [0.4, 0.5) is 0 Å². The predicted octanol–water partition coefficient (Wildman–Crippen LogP) is 1.74. The van der Waals surface area contributed by atoms with Gasteiger partial charge in [0.25, 0.3) is 0 Å². The second-order valence-corrected chi connectivity index (χ2v) is 4.86. The van der Waals surface area contributed by atoms with Crippen molar-refractivity contribution in [3.05, 3.63) is 11.6 Å². The van der Waals surface area contributed by atoms with Crippen LogP contribution in [0, 0.1) is 5.92 Å². The Kier molecular flexibility index (Phi) is 3.59. The maximum Gasteiger partial charge on any atom is 0.135 e. The van der Waals surface area contributed by atoms with Crippen LogP contribution in [-0.4, -0.2) is 26.5 Å². The van der Waals surface area contributed by atoms with E-state index in [4.69, 9.17) is 0 Å². The number of hydrogen-bond acceptors (Lipinski definition) is 3. The molecule has 0 saturated heterocycles. The molecule has 16 heavy (non-hydrogen) atoms. The van der Waals surface area contributed by atoms with Crippen molar-refractivity contribution < 1.29 is 5.11 Å². The molecule has 4 heteroatoms. The lowest BCUT2D eigenvalue weighted by Crippen LogP contribution is -2.24. The van der Waals surface area contributed by atoms with Gasteiger partial charge in [-0.3, -0.25) is 0 Å². The highest BCUT2D eigenvalue weighted by molar-refractivity contribution is 5.04. The van der Waals surface area contributed by atoms with E-state index < -0.39 is 0 Å². The zero-order chi connectivity index (χ0) is 11.5. The van der Waals surface area contributed by atoms with Crippen LogP contribution in [0.3, 0.4) is 0 Å². The van der Waals surface area contributed by atoms with E-state index in [0.29, 0.717) is 11.8 Å². The molecule has 1 aromatic heterocycles. The molecule has 1 N–H and O–H groups in total. The van der Waals surface area contributed by atoms with E-state index in [1.54, 1.807) is 0 Å². The van der Waals surface area contributed by atoms with Gasteiger partial charge in [-0.05, 0) is 12.8 Å². The summed E-state index contributed by atoms with van der Waals surface area (Å²) >= 11 is 0. The first-order valence-electron chi connectivity index (χ1n) is 6.29. The molecule has 0 amide bonds. The predicted molar refractivity (Wildman–Crippen MR) is 62.2 cm³/mol. The molecule has 2 rings (SSSR count). The SMILES string of the molecule is CCCC(C)c1nnc2n1CC(CO)CC2. The van der Waals surface area contributed by atoms with E-state index in [1.807, 2.05) is 0 Å². The maximum absolute atomic E-state index is 9.23. The topological polar surface area (TPSA) is 50.9 Å². The minimum atomic E-state index is 0.277. The van der Waals surface area contributed by atoms with Crippen LogP contribution in [0.25, 0.3) is 0 Å². The molecule has 2 heterocycles. The molecule has 1 aromatic rings. The molecule has 0 fully saturated rings. The minimum Gasteiger partial charge on any atom is -0.396 e. The molecular weight excluding hydrogens is 202 g/mol. The van der Waals surface area contributed by atoms with Crippen molar-refractivity contribution in [3.63, 3.8) is 0 Å². The molecule has 1 aliphatic heterocycles. The number of rotatable bonds is 4. The van der Waals surface area contributed by atoms with E-state index in [9.17, 15) is 5.11 Å². The number of aryl methyl sites for hydroxylation is 1. The van der Waals surface area contributed by atoms with Crippen LogP contribution in [-0.2, 0) is 13.0 Å². The summed E-state index contributed by atoms with van der Waals surface area (Å²) in [4.78, 5) is 0. The normalized spacial score (nSPS) is 21.8. The van der Waals surface area contributed by atoms with Crippen molar-refractivity contribution in [2.45, 2.75) is 52.0 Å². The molecule has 0 saturated carbocycles. The van der Waals surface area contributed by atoms with Gasteiger partial charge >= 0.3 is 0 Å². The molecular formula is C12H21N3O. The zero-order valence-electron chi connectivity index (χ0n) is 10.2. The zero-order valence-corrected chi connectivity index (χ0v) is 10.2. The fraction of sp³-hybridized carbons (Fsp3) is 0.833. The van der Waals surface area contributed by atoms with Gasteiger partial charge in [0.05, 0.1) is 0 Å². The Hall–Kier alpha value is -0.900. The van der Waals surface area contributed by atoms with E-state index >= 15 is 0 Å². The third kappa shape index (κ3) is 2.12. The summed E-state index contributed by atoms with van der Waals surface area (Å²) in [5, 5.41) is 17.8. The fourth-order valence-corrected chi connectivity index (χ4v) is 2.49. The number of aliphatic hydroxyl groups excluding tert-OH is 1. The molecule has 0 spiro atoms. The van der Waals surface area contributed by atoms with Gasteiger partial charge in [0.2, 0.25) is 0 Å². The molecule has 0 bridgehead atoms. The Bertz CT molecular complexity index is 348. The Morgan fingerprint density at radius 1 is 1.50 bits per heavy atom. The monoisotopic (exact) mass is 223 g/mol. The van der Waals surface area contributed by atoms with Gasteiger partial charge in [0, 0.05) is 31.4 Å². The summed E-state index contributed by atoms with van der Waals surface area (Å²) < 4.78 is 2.23. The number of hydrogen-bond donors (Lipinski definition) is 1. The highest BCUT2D eigenvalue weighted by atomic mass is 16.3. The van der Waals surface area contributed by atoms with Crippen molar-refractivity contribution in [2.24, 2.45) is 5.92 Å². The Morgan fingerprint density at radius 2 is 2.31 bits per heavy atom. The van der Waals surface area contributed by atoms with Crippen LogP contribution in [0.2, 0.25) is 0 Å². The Morgan fingerprint density at radius 3 is 3.00 bits per heavy atom. The standard InChI is InChI=1S/C12H21N3O/c1-3-4-9(2)12-14-13-11-6-5-10(8-16)7-15(11)12/h9-10,16H,3-8H2,1-2H3. The van der Waals surface area contributed by atoms with Gasteiger partial charge in [-0.2, -0.15) is 0 Å². The highest BCUT2D eigenvalue weighted by Crippen LogP contribution is 2.25. The molecule has 90 valence electrons. The lowest BCUT2D eigenvalue weighted by atomic mass is 9.99. The smallest absolute Gasteiger partial charge is 0.135 e. The van der Waals surface area contributed by atoms with Gasteiger partial charge in [0.1, 0.15) is 11.6 Å². The second-order valence-electron chi connectivity index (χ2n) is 4.86. The van der Waals surface area contributed by atoms with Crippen LogP contribution < -0.4 is 0 Å². The Balaban J connectivity index is 2.19. The van der Waals surface area contributed by atoms with Crippen LogP contribution in [0.5, 0.6) is 0 Å². The van der Waals surface area contributed by atoms with Crippen molar-refractivity contribution >= 4 is 0 Å². The molecule has 0 aliphatic carbocycles. The van der Waals surface area contributed by atoms with E-state index in [0.717, 1.165) is 37.5 Å². The highest BCUT2D eigenvalue weighted by Gasteiger charge is 2.24. The first kappa shape index (κ1) is 11.6. The number of nitrogens with zero attached hydrogens (tertiary/aromatic N) is 3. The lowest BCUT2D eigenvalue weighted by molar-refractivity contribution is 0.189. The molecule has 2 unspecified atom stereocenters. The van der Waals surface area contributed by atoms with Crippen LogP contribution in [0.15, 0.2) is 0 Å². The summed E-state index contributed by atoms with van der Waals surface area (Å²) in [6.45, 7) is 5.57. The average Bonchev–Trinajstić information content (AvgIpc) is 2.71. The Labute approximate surface area is 96.7 Å². The van der Waals surface area contributed by atoms with Gasteiger partial charge in [-0.1, -0.05) is 20.3 Å². The third-order valence-electron chi connectivity index (χ3n) is 3.49. The molecule has 4 nitrogen and oxygen atoms in total. The summed E-state index contributed by atoms with van der Waals surface area (Å²) in [6, 6.07) is 0. The van der Waals surface area contributed by atoms with Crippen molar-refractivity contribution in [2.75, 3.05) is 6.61 Å². The molecule has 0 radical (unpaired) electrons. The first-order valence-corrected chi connectivity index (χ1v) is 6.29. The van der Waals surface area contributed by atoms with Crippen molar-refractivity contribution in [3.8, 4) is 0 Å². The summed E-state index contributed by atoms with van der Waals surface area (Å²) in [5.41, 5.74) is 0. The first-order chi connectivity index (χ1) is 7.76. The summed E-state index contributed by atoms with van der Waals surface area (Å²) in [7, 11) is 0. The lowest BCUT2D eigenvalue weighted by Gasteiger charge is -2.23. The molecule has 1 aliphatic rings. The molecule has 2 atom stereocenters. The van der Waals surface area contributed by atoms with E-state index in [1.165, 1.54) is 6.42 Å². The van der Waals surface area contributed by atoms with Gasteiger partial charge in [0.15, 0.2) is 0 Å². The van der Waals surface area contributed by atoms with Gasteiger partial charge in [-0.25, -0.2) is 0 Å². The second kappa shape index (κ2) is 4.95. The average molecular weight is 223 g/mol. The number of aliphatic hydroxyl groups is 1. The fourth-order valence-electron chi connectivity index (χ4n) is 2.49. The molecule has 0 aromatic carbocycles. The van der Waals surface area contributed by atoms with E-state index in [2.05, 4.69) is 28.6 Å². The van der Waals surface area contributed by atoms with Gasteiger partial charge < -0.3 is 9.67 Å². The quantitative estimate of drug-likeness (QED) is 0.845. The summed E-state index contributed by atoms with van der Waals surface area (Å²) in [5.74, 6) is 3.07. The number of aromatic nitrogens is 3. The third-order valence-corrected chi connectivity index (χ3v) is 3.49. The largest absolute Gasteiger partial charge is 0.396 e. The van der Waals surface area contributed by atoms with Gasteiger partial charge in [-0.15, -0.1) is 10.2 Å².